The number of nitrogens with one attached hydrogen (secondary N) is 1. The third-order valence-electron chi connectivity index (χ3n) is 7.25. The van der Waals surface area contributed by atoms with Gasteiger partial charge in [0, 0.05) is 38.0 Å². The summed E-state index contributed by atoms with van der Waals surface area (Å²) in [5.74, 6) is 1.06. The van der Waals surface area contributed by atoms with Crippen molar-refractivity contribution in [3.8, 4) is 5.75 Å². The summed E-state index contributed by atoms with van der Waals surface area (Å²) < 4.78 is 18.2. The molecule has 42 heavy (non-hydrogen) atoms. The van der Waals surface area contributed by atoms with Crippen molar-refractivity contribution in [1.82, 2.24) is 5.32 Å². The molecule has 222 valence electrons. The van der Waals surface area contributed by atoms with Crippen LogP contribution in [0.5, 0.6) is 5.75 Å². The molecular weight excluding hydrogens is 534 g/mol. The van der Waals surface area contributed by atoms with Crippen LogP contribution in [0.3, 0.4) is 0 Å². The van der Waals surface area contributed by atoms with Crippen molar-refractivity contribution in [3.63, 3.8) is 0 Å². The first-order valence-corrected chi connectivity index (χ1v) is 14.2. The molecule has 1 aliphatic rings. The molecule has 8 heteroatoms. The molecule has 0 radical (unpaired) electrons. The standard InChI is InChI=1S/C33H37NO4.CH2O3/c35-22-30-20-34-21-32(38-24-26-11-12-27-9-4-5-10-29(27)19-26)33(30)28-13-15-31(16-14-28)37-18-6-17-36-23-25-7-2-1-3-8-25;2-1(3)4/h1-5,7-16,19,30,32-35H,6,17-18,20-24H2;(H2,2,3,4). The molecule has 0 saturated carbocycles. The van der Waals surface area contributed by atoms with Crippen molar-refractivity contribution < 1.29 is 34.3 Å². The molecule has 4 N–H and O–H groups in total. The number of piperidine rings is 1. The molecule has 5 rings (SSSR count). The Labute approximate surface area is 246 Å². The number of rotatable bonds is 12. The van der Waals surface area contributed by atoms with Gasteiger partial charge in [-0.3, -0.25) is 0 Å². The van der Waals surface area contributed by atoms with Gasteiger partial charge in [-0.1, -0.05) is 78.9 Å². The van der Waals surface area contributed by atoms with Gasteiger partial charge in [0.25, 0.3) is 0 Å². The second kappa shape index (κ2) is 16.5. The van der Waals surface area contributed by atoms with Crippen LogP contribution in [0.1, 0.15) is 29.0 Å². The average Bonchev–Trinajstić information content (AvgIpc) is 3.02. The molecule has 1 aliphatic heterocycles. The minimum absolute atomic E-state index is 0.0269. The Hall–Kier alpha value is -3.95. The highest BCUT2D eigenvalue weighted by Gasteiger charge is 2.34. The molecule has 4 aromatic carbocycles. The Morgan fingerprint density at radius 3 is 2.24 bits per heavy atom. The summed E-state index contributed by atoms with van der Waals surface area (Å²) in [4.78, 5) is 8.56. The highest BCUT2D eigenvalue weighted by molar-refractivity contribution is 5.82. The van der Waals surface area contributed by atoms with Gasteiger partial charge in [0.15, 0.2) is 0 Å². The Bertz CT molecular complexity index is 1360. The minimum Gasteiger partial charge on any atom is -0.494 e. The maximum absolute atomic E-state index is 10.1. The molecule has 1 fully saturated rings. The number of fused-ring (bicyclic) bond motifs is 1. The van der Waals surface area contributed by atoms with Gasteiger partial charge >= 0.3 is 6.16 Å². The molecule has 0 bridgehead atoms. The molecule has 0 amide bonds. The van der Waals surface area contributed by atoms with Crippen LogP contribution in [-0.2, 0) is 22.7 Å². The first-order chi connectivity index (χ1) is 20.5. The quantitative estimate of drug-likeness (QED) is 0.154. The second-order valence-corrected chi connectivity index (χ2v) is 10.2. The number of aliphatic hydroxyl groups excluding tert-OH is 1. The summed E-state index contributed by atoms with van der Waals surface area (Å²) in [5.41, 5.74) is 3.51. The van der Waals surface area contributed by atoms with E-state index in [2.05, 4.69) is 72.0 Å². The minimum atomic E-state index is -1.83. The van der Waals surface area contributed by atoms with E-state index in [0.29, 0.717) is 26.4 Å². The lowest BCUT2D eigenvalue weighted by atomic mass is 9.79. The van der Waals surface area contributed by atoms with E-state index in [-0.39, 0.29) is 24.5 Å². The fourth-order valence-electron chi connectivity index (χ4n) is 5.23. The van der Waals surface area contributed by atoms with Gasteiger partial charge in [-0.25, -0.2) is 4.79 Å². The highest BCUT2D eigenvalue weighted by Crippen LogP contribution is 2.34. The predicted molar refractivity (Wildman–Crippen MR) is 162 cm³/mol. The van der Waals surface area contributed by atoms with Crippen LogP contribution in [0.2, 0.25) is 0 Å². The van der Waals surface area contributed by atoms with Crippen LogP contribution in [0, 0.1) is 5.92 Å². The lowest BCUT2D eigenvalue weighted by Gasteiger charge is -2.38. The van der Waals surface area contributed by atoms with Crippen LogP contribution in [-0.4, -0.2) is 60.5 Å². The third kappa shape index (κ3) is 9.56. The molecule has 8 nitrogen and oxygen atoms in total. The first-order valence-electron chi connectivity index (χ1n) is 14.2. The van der Waals surface area contributed by atoms with E-state index in [4.69, 9.17) is 29.2 Å². The smallest absolute Gasteiger partial charge is 0.494 e. The van der Waals surface area contributed by atoms with Gasteiger partial charge in [-0.15, -0.1) is 0 Å². The molecule has 0 aromatic heterocycles. The van der Waals surface area contributed by atoms with Crippen molar-refractivity contribution in [3.05, 3.63) is 114 Å². The maximum atomic E-state index is 10.1. The fourth-order valence-corrected chi connectivity index (χ4v) is 5.23. The van der Waals surface area contributed by atoms with E-state index in [9.17, 15) is 5.11 Å². The summed E-state index contributed by atoms with van der Waals surface area (Å²) in [5, 5.41) is 30.0. The van der Waals surface area contributed by atoms with Crippen LogP contribution in [0.25, 0.3) is 10.8 Å². The Balaban J connectivity index is 0.000000952. The SMILES string of the molecule is O=C(O)O.OCC1CNCC(OCc2ccc3ccccc3c2)C1c1ccc(OCCCOCc2ccccc2)cc1. The molecular formula is C34H39NO7. The van der Waals surface area contributed by atoms with Crippen molar-refractivity contribution in [1.29, 1.82) is 0 Å². The number of carbonyl (C=O) groups is 1. The monoisotopic (exact) mass is 573 g/mol. The Kier molecular flexibility index (Phi) is 12.2. The van der Waals surface area contributed by atoms with Gasteiger partial charge in [-0.05, 0) is 45.7 Å². The average molecular weight is 574 g/mol. The van der Waals surface area contributed by atoms with Gasteiger partial charge in [0.2, 0.25) is 0 Å². The topological polar surface area (TPSA) is 117 Å². The van der Waals surface area contributed by atoms with E-state index in [0.717, 1.165) is 30.8 Å². The number of hydrogen-bond acceptors (Lipinski definition) is 6. The molecule has 0 aliphatic carbocycles. The second-order valence-electron chi connectivity index (χ2n) is 10.2. The predicted octanol–water partition coefficient (Wildman–Crippen LogP) is 5.93. The number of ether oxygens (including phenoxy) is 3. The van der Waals surface area contributed by atoms with Crippen molar-refractivity contribution >= 4 is 16.9 Å². The van der Waals surface area contributed by atoms with E-state index >= 15 is 0 Å². The highest BCUT2D eigenvalue weighted by atomic mass is 16.6. The van der Waals surface area contributed by atoms with Crippen molar-refractivity contribution in [2.45, 2.75) is 31.7 Å². The zero-order valence-corrected chi connectivity index (χ0v) is 23.6. The number of aliphatic hydroxyl groups is 1. The van der Waals surface area contributed by atoms with Crippen LogP contribution < -0.4 is 10.1 Å². The van der Waals surface area contributed by atoms with Gasteiger partial charge < -0.3 is 34.8 Å². The first kappa shape index (κ1) is 31.0. The van der Waals surface area contributed by atoms with Crippen LogP contribution in [0.15, 0.2) is 97.1 Å². The van der Waals surface area contributed by atoms with Gasteiger partial charge in [0.1, 0.15) is 5.75 Å². The normalized spacial score (nSPS) is 18.2. The van der Waals surface area contributed by atoms with E-state index in [1.807, 2.05) is 30.3 Å². The molecule has 1 saturated heterocycles. The fraction of sp³-hybridized carbons (Fsp3) is 0.324. The zero-order chi connectivity index (χ0) is 29.6. The largest absolute Gasteiger partial charge is 0.503 e. The van der Waals surface area contributed by atoms with Gasteiger partial charge in [-0.2, -0.15) is 0 Å². The molecule has 3 unspecified atom stereocenters. The molecule has 1 heterocycles. The van der Waals surface area contributed by atoms with Gasteiger partial charge in [0.05, 0.1) is 32.5 Å². The van der Waals surface area contributed by atoms with E-state index < -0.39 is 6.16 Å². The van der Waals surface area contributed by atoms with Crippen molar-refractivity contribution in [2.24, 2.45) is 5.92 Å². The molecule has 0 spiro atoms. The lowest BCUT2D eigenvalue weighted by molar-refractivity contribution is -0.0151. The number of hydrogen-bond donors (Lipinski definition) is 4. The summed E-state index contributed by atoms with van der Waals surface area (Å²) in [6, 6.07) is 33.3. The van der Waals surface area contributed by atoms with Crippen LogP contribution in [0.4, 0.5) is 4.79 Å². The molecule has 3 atom stereocenters. The Morgan fingerprint density at radius 1 is 0.786 bits per heavy atom. The third-order valence-corrected chi connectivity index (χ3v) is 7.25. The summed E-state index contributed by atoms with van der Waals surface area (Å²) in [6.07, 6.45) is -1.03. The zero-order valence-electron chi connectivity index (χ0n) is 23.6. The number of carboxylic acid groups (broad SMARTS) is 2. The van der Waals surface area contributed by atoms with Crippen LogP contribution >= 0.6 is 0 Å². The molecule has 4 aromatic rings. The lowest BCUT2D eigenvalue weighted by Crippen LogP contribution is -2.47. The Morgan fingerprint density at radius 2 is 1.50 bits per heavy atom. The van der Waals surface area contributed by atoms with E-state index in [1.54, 1.807) is 0 Å². The maximum Gasteiger partial charge on any atom is 0.503 e. The number of benzene rings is 4. The van der Waals surface area contributed by atoms with E-state index in [1.165, 1.54) is 21.9 Å². The summed E-state index contributed by atoms with van der Waals surface area (Å²) in [6.45, 7) is 4.10. The van der Waals surface area contributed by atoms with Crippen molar-refractivity contribution in [2.75, 3.05) is 32.9 Å². The summed E-state index contributed by atoms with van der Waals surface area (Å²) >= 11 is 0. The summed E-state index contributed by atoms with van der Waals surface area (Å²) in [7, 11) is 0.